The van der Waals surface area contributed by atoms with Gasteiger partial charge in [-0.1, -0.05) is 19.1 Å². The number of nitrogens with zero attached hydrogens (tertiary/aromatic N) is 4. The zero-order valence-corrected chi connectivity index (χ0v) is 14.4. The second-order valence-corrected chi connectivity index (χ2v) is 6.20. The van der Waals surface area contributed by atoms with Gasteiger partial charge in [-0.15, -0.1) is 0 Å². The maximum absolute atomic E-state index is 13.6. The smallest absolute Gasteiger partial charge is 0.140 e. The van der Waals surface area contributed by atoms with Gasteiger partial charge in [0.2, 0.25) is 0 Å². The number of hydrogen-bond acceptors (Lipinski definition) is 2. The molecule has 0 N–H and O–H groups in total. The zero-order chi connectivity index (χ0) is 18.1. The Kier molecular flexibility index (Phi) is 4.24. The molecule has 2 heterocycles. The van der Waals surface area contributed by atoms with Gasteiger partial charge in [0.05, 0.1) is 17.6 Å². The molecule has 0 aliphatic heterocycles. The number of aromatic nitrogens is 4. The van der Waals surface area contributed by atoms with Crippen molar-refractivity contribution in [1.29, 1.82) is 0 Å². The average Bonchev–Trinajstić information content (AvgIpc) is 3.20. The maximum Gasteiger partial charge on any atom is 0.140 e. The van der Waals surface area contributed by atoms with Crippen LogP contribution < -0.4 is 0 Å². The van der Waals surface area contributed by atoms with Gasteiger partial charge >= 0.3 is 0 Å². The van der Waals surface area contributed by atoms with Crippen molar-refractivity contribution in [2.45, 2.75) is 26.4 Å². The first kappa shape index (κ1) is 16.4. The molecule has 0 saturated carbocycles. The van der Waals surface area contributed by atoms with Crippen LogP contribution in [0.15, 0.2) is 54.9 Å². The molecule has 4 rings (SSSR count). The van der Waals surface area contributed by atoms with Crippen molar-refractivity contribution in [2.75, 3.05) is 0 Å². The number of halogens is 2. The van der Waals surface area contributed by atoms with E-state index in [1.54, 1.807) is 18.3 Å². The van der Waals surface area contributed by atoms with Crippen LogP contribution in [0.1, 0.15) is 19.2 Å². The first-order valence-electron chi connectivity index (χ1n) is 8.57. The molecular formula is C20H18F2N4. The third kappa shape index (κ3) is 2.98. The van der Waals surface area contributed by atoms with Crippen molar-refractivity contribution in [3.63, 3.8) is 0 Å². The number of hydrogen-bond donors (Lipinski definition) is 0. The molecule has 0 aliphatic carbocycles. The monoisotopic (exact) mass is 352 g/mol. The maximum atomic E-state index is 13.6. The summed E-state index contributed by atoms with van der Waals surface area (Å²) in [5, 5.41) is 0. The highest BCUT2D eigenvalue weighted by molar-refractivity contribution is 5.76. The lowest BCUT2D eigenvalue weighted by atomic mass is 10.2. The van der Waals surface area contributed by atoms with Gasteiger partial charge in [0.15, 0.2) is 0 Å². The van der Waals surface area contributed by atoms with E-state index in [0.717, 1.165) is 24.3 Å². The quantitative estimate of drug-likeness (QED) is 0.525. The van der Waals surface area contributed by atoms with Crippen molar-refractivity contribution in [3.8, 4) is 11.4 Å². The minimum absolute atomic E-state index is 0.298. The minimum atomic E-state index is -0.300. The third-order valence-electron chi connectivity index (χ3n) is 4.35. The van der Waals surface area contributed by atoms with E-state index in [0.29, 0.717) is 23.4 Å². The summed E-state index contributed by atoms with van der Waals surface area (Å²) >= 11 is 0. The Bertz CT molecular complexity index is 1060. The first-order valence-corrected chi connectivity index (χ1v) is 8.57. The standard InChI is InChI=1S/C20H18F2N4/c1-2-9-26-18-7-6-16(22)12-17(18)24-19(26)13-25-10-8-23-20(25)14-4-3-5-15(21)11-14/h3-8,10-12H,2,9,13H2,1H3. The summed E-state index contributed by atoms with van der Waals surface area (Å²) in [4.78, 5) is 8.99. The van der Waals surface area contributed by atoms with E-state index in [1.165, 1.54) is 24.3 Å². The van der Waals surface area contributed by atoms with Gasteiger partial charge in [0.25, 0.3) is 0 Å². The fraction of sp³-hybridized carbons (Fsp3) is 0.200. The number of benzene rings is 2. The van der Waals surface area contributed by atoms with E-state index < -0.39 is 0 Å². The van der Waals surface area contributed by atoms with Crippen LogP contribution in [-0.2, 0) is 13.1 Å². The molecule has 0 amide bonds. The highest BCUT2D eigenvalue weighted by atomic mass is 19.1. The molecule has 0 bridgehead atoms. The SMILES string of the molecule is CCCn1c(Cn2ccnc2-c2cccc(F)c2)nc2cc(F)ccc21. The normalized spacial score (nSPS) is 11.3. The molecular weight excluding hydrogens is 334 g/mol. The second-order valence-electron chi connectivity index (χ2n) is 6.20. The van der Waals surface area contributed by atoms with Crippen LogP contribution in [0.4, 0.5) is 8.78 Å². The molecule has 0 spiro atoms. The van der Waals surface area contributed by atoms with Crippen LogP contribution in [0.2, 0.25) is 0 Å². The van der Waals surface area contributed by atoms with Crippen LogP contribution in [0.5, 0.6) is 0 Å². The van der Waals surface area contributed by atoms with Gasteiger partial charge in [-0.05, 0) is 30.7 Å². The molecule has 0 saturated heterocycles. The van der Waals surface area contributed by atoms with Gasteiger partial charge in [0, 0.05) is 30.6 Å². The van der Waals surface area contributed by atoms with Crippen LogP contribution in [-0.4, -0.2) is 19.1 Å². The summed E-state index contributed by atoms with van der Waals surface area (Å²) in [5.74, 6) is 0.896. The zero-order valence-electron chi connectivity index (χ0n) is 14.4. The van der Waals surface area contributed by atoms with Gasteiger partial charge in [0.1, 0.15) is 23.3 Å². The highest BCUT2D eigenvalue weighted by Crippen LogP contribution is 2.22. The van der Waals surface area contributed by atoms with Crippen molar-refractivity contribution in [1.82, 2.24) is 19.1 Å². The molecule has 0 aliphatic rings. The van der Waals surface area contributed by atoms with Crippen molar-refractivity contribution < 1.29 is 8.78 Å². The Morgan fingerprint density at radius 1 is 1.04 bits per heavy atom. The molecule has 0 radical (unpaired) electrons. The molecule has 2 aromatic heterocycles. The lowest BCUT2D eigenvalue weighted by Gasteiger charge is -2.11. The summed E-state index contributed by atoms with van der Waals surface area (Å²) in [6.45, 7) is 3.36. The lowest BCUT2D eigenvalue weighted by molar-refractivity contribution is 0.622. The second kappa shape index (κ2) is 6.71. The van der Waals surface area contributed by atoms with Crippen LogP contribution >= 0.6 is 0 Å². The minimum Gasteiger partial charge on any atom is -0.326 e. The first-order chi connectivity index (χ1) is 12.7. The average molecular weight is 352 g/mol. The third-order valence-corrected chi connectivity index (χ3v) is 4.35. The molecule has 26 heavy (non-hydrogen) atoms. The van der Waals surface area contributed by atoms with Crippen molar-refractivity contribution in [2.24, 2.45) is 0 Å². The molecule has 0 fully saturated rings. The summed E-state index contributed by atoms with van der Waals surface area (Å²) in [6.07, 6.45) is 4.47. The fourth-order valence-electron chi connectivity index (χ4n) is 3.22. The fourth-order valence-corrected chi connectivity index (χ4v) is 3.22. The number of fused-ring (bicyclic) bond motifs is 1. The molecule has 4 aromatic rings. The van der Waals surface area contributed by atoms with E-state index in [4.69, 9.17) is 0 Å². The van der Waals surface area contributed by atoms with Crippen LogP contribution in [0, 0.1) is 11.6 Å². The van der Waals surface area contributed by atoms with E-state index >= 15 is 0 Å². The Labute approximate surface area is 149 Å². The number of rotatable bonds is 5. The van der Waals surface area contributed by atoms with Gasteiger partial charge in [-0.3, -0.25) is 0 Å². The molecule has 6 heteroatoms. The molecule has 2 aromatic carbocycles. The molecule has 132 valence electrons. The molecule has 0 unspecified atom stereocenters. The Balaban J connectivity index is 1.77. The Morgan fingerprint density at radius 2 is 1.88 bits per heavy atom. The summed E-state index contributed by atoms with van der Waals surface area (Å²) in [6, 6.07) is 11.0. The molecule has 4 nitrogen and oxygen atoms in total. The summed E-state index contributed by atoms with van der Waals surface area (Å²) in [5.41, 5.74) is 2.26. The van der Waals surface area contributed by atoms with Crippen LogP contribution in [0.25, 0.3) is 22.4 Å². The van der Waals surface area contributed by atoms with E-state index in [9.17, 15) is 8.78 Å². The number of imidazole rings is 2. The van der Waals surface area contributed by atoms with Gasteiger partial charge in [-0.2, -0.15) is 0 Å². The van der Waals surface area contributed by atoms with Crippen LogP contribution in [0.3, 0.4) is 0 Å². The van der Waals surface area contributed by atoms with Crippen molar-refractivity contribution >= 4 is 11.0 Å². The Morgan fingerprint density at radius 3 is 2.69 bits per heavy atom. The summed E-state index contributed by atoms with van der Waals surface area (Å²) in [7, 11) is 0. The van der Waals surface area contributed by atoms with Gasteiger partial charge < -0.3 is 9.13 Å². The number of aryl methyl sites for hydroxylation is 1. The highest BCUT2D eigenvalue weighted by Gasteiger charge is 2.14. The van der Waals surface area contributed by atoms with E-state index in [2.05, 4.69) is 21.5 Å². The lowest BCUT2D eigenvalue weighted by Crippen LogP contribution is -2.09. The molecule has 0 atom stereocenters. The van der Waals surface area contributed by atoms with Gasteiger partial charge in [-0.25, -0.2) is 18.7 Å². The predicted molar refractivity (Wildman–Crippen MR) is 96.7 cm³/mol. The Hall–Kier alpha value is -3.02. The largest absolute Gasteiger partial charge is 0.326 e. The topological polar surface area (TPSA) is 35.6 Å². The van der Waals surface area contributed by atoms with Crippen molar-refractivity contribution in [3.05, 3.63) is 72.3 Å². The van der Waals surface area contributed by atoms with E-state index in [-0.39, 0.29) is 11.6 Å². The predicted octanol–water partition coefficient (Wildman–Crippen LogP) is 4.64. The summed E-state index contributed by atoms with van der Waals surface area (Å²) < 4.78 is 31.2. The van der Waals surface area contributed by atoms with E-state index in [1.807, 2.05) is 16.8 Å².